The highest BCUT2D eigenvalue weighted by atomic mass is 16.5. The van der Waals surface area contributed by atoms with Gasteiger partial charge in [-0.3, -0.25) is 9.89 Å². The summed E-state index contributed by atoms with van der Waals surface area (Å²) in [6.07, 6.45) is 1.22. The Kier molecular flexibility index (Phi) is 6.63. The van der Waals surface area contributed by atoms with Crippen LogP contribution in [0.4, 0.5) is 5.82 Å². The second-order valence-corrected chi connectivity index (χ2v) is 6.55. The number of para-hydroxylation sites is 1. The van der Waals surface area contributed by atoms with Gasteiger partial charge in [-0.1, -0.05) is 24.3 Å². The number of aromatic amines is 1. The molecule has 0 bridgehead atoms. The summed E-state index contributed by atoms with van der Waals surface area (Å²) in [6, 6.07) is 16.6. The summed E-state index contributed by atoms with van der Waals surface area (Å²) >= 11 is 0. The predicted molar refractivity (Wildman–Crippen MR) is 110 cm³/mol. The molecule has 3 rings (SSSR count). The maximum Gasteiger partial charge on any atom is 0.263 e. The molecule has 1 heterocycles. The van der Waals surface area contributed by atoms with Crippen molar-refractivity contribution in [2.24, 2.45) is 0 Å². The molecule has 29 heavy (non-hydrogen) atoms. The SMILES string of the molecule is COc1ccccc1-c1cc(NC(=O)COc2ccc(CCC(C)=O)cc2)n[nH]1. The lowest BCUT2D eigenvalue weighted by molar-refractivity contribution is -0.118. The van der Waals surface area contributed by atoms with E-state index >= 15 is 0 Å². The highest BCUT2D eigenvalue weighted by molar-refractivity contribution is 5.91. The topological polar surface area (TPSA) is 93.3 Å². The Morgan fingerprint density at radius 1 is 1.10 bits per heavy atom. The van der Waals surface area contributed by atoms with Crippen molar-refractivity contribution < 1.29 is 19.1 Å². The number of nitrogens with zero attached hydrogens (tertiary/aromatic N) is 1. The number of nitrogens with one attached hydrogen (secondary N) is 2. The fraction of sp³-hybridized carbons (Fsp3) is 0.227. The summed E-state index contributed by atoms with van der Waals surface area (Å²) in [5.74, 6) is 1.55. The fourth-order valence-electron chi connectivity index (χ4n) is 2.79. The molecule has 0 aliphatic heterocycles. The van der Waals surface area contributed by atoms with Crippen molar-refractivity contribution in [2.45, 2.75) is 19.8 Å². The fourth-order valence-corrected chi connectivity index (χ4v) is 2.79. The number of ketones is 1. The molecule has 0 atom stereocenters. The van der Waals surface area contributed by atoms with Crippen LogP contribution in [0.15, 0.2) is 54.6 Å². The minimum Gasteiger partial charge on any atom is -0.496 e. The highest BCUT2D eigenvalue weighted by Gasteiger charge is 2.11. The van der Waals surface area contributed by atoms with Gasteiger partial charge in [-0.25, -0.2) is 0 Å². The van der Waals surface area contributed by atoms with E-state index < -0.39 is 0 Å². The standard InChI is InChI=1S/C22H23N3O4/c1-15(26)7-8-16-9-11-17(12-10-16)29-14-22(27)23-21-13-19(24-25-21)18-5-3-4-6-20(18)28-2/h3-6,9-13H,7-8,14H2,1-2H3,(H2,23,24,25,27). The molecule has 7 heteroatoms. The van der Waals surface area contributed by atoms with Crippen molar-refractivity contribution in [2.75, 3.05) is 19.0 Å². The van der Waals surface area contributed by atoms with Crippen LogP contribution in [0, 0.1) is 0 Å². The Balaban J connectivity index is 1.52. The molecule has 2 aromatic carbocycles. The summed E-state index contributed by atoms with van der Waals surface area (Å²) in [5.41, 5.74) is 2.64. The summed E-state index contributed by atoms with van der Waals surface area (Å²) in [6.45, 7) is 1.44. The van der Waals surface area contributed by atoms with Crippen molar-refractivity contribution in [3.05, 3.63) is 60.2 Å². The number of rotatable bonds is 9. The summed E-state index contributed by atoms with van der Waals surface area (Å²) in [5, 5.41) is 9.71. The van der Waals surface area contributed by atoms with Crippen molar-refractivity contribution >= 4 is 17.5 Å². The number of H-pyrrole nitrogens is 1. The van der Waals surface area contributed by atoms with Gasteiger partial charge in [0, 0.05) is 18.1 Å². The van der Waals surface area contributed by atoms with Crippen LogP contribution in [0.1, 0.15) is 18.9 Å². The van der Waals surface area contributed by atoms with Crippen molar-refractivity contribution in [3.8, 4) is 22.8 Å². The largest absolute Gasteiger partial charge is 0.496 e. The molecule has 7 nitrogen and oxygen atoms in total. The summed E-state index contributed by atoms with van der Waals surface area (Å²) in [7, 11) is 1.60. The number of methoxy groups -OCH3 is 1. The van der Waals surface area contributed by atoms with E-state index in [2.05, 4.69) is 15.5 Å². The Morgan fingerprint density at radius 2 is 1.86 bits per heavy atom. The zero-order chi connectivity index (χ0) is 20.6. The Labute approximate surface area is 169 Å². The Morgan fingerprint density at radius 3 is 2.59 bits per heavy atom. The number of aryl methyl sites for hydroxylation is 1. The summed E-state index contributed by atoms with van der Waals surface area (Å²) in [4.78, 5) is 23.2. The molecule has 0 unspecified atom stereocenters. The molecule has 0 aliphatic carbocycles. The van der Waals surface area contributed by atoms with Gasteiger partial charge in [0.25, 0.3) is 5.91 Å². The third-order valence-electron chi connectivity index (χ3n) is 4.30. The first-order valence-corrected chi connectivity index (χ1v) is 9.25. The molecule has 0 fully saturated rings. The van der Waals surface area contributed by atoms with Gasteiger partial charge in [0.2, 0.25) is 0 Å². The van der Waals surface area contributed by atoms with Crippen LogP contribution < -0.4 is 14.8 Å². The first kappa shape index (κ1) is 20.1. The van der Waals surface area contributed by atoms with Crippen LogP contribution in [0.2, 0.25) is 0 Å². The monoisotopic (exact) mass is 393 g/mol. The molecular weight excluding hydrogens is 370 g/mol. The second-order valence-electron chi connectivity index (χ2n) is 6.55. The quantitative estimate of drug-likeness (QED) is 0.579. The van der Waals surface area contributed by atoms with Gasteiger partial charge in [0.15, 0.2) is 12.4 Å². The lowest BCUT2D eigenvalue weighted by Crippen LogP contribution is -2.20. The molecule has 150 valence electrons. The predicted octanol–water partition coefficient (Wildman–Crippen LogP) is 3.62. The van der Waals surface area contributed by atoms with E-state index in [1.165, 1.54) is 0 Å². The van der Waals surface area contributed by atoms with Gasteiger partial charge in [-0.2, -0.15) is 5.10 Å². The van der Waals surface area contributed by atoms with Crippen LogP contribution in [-0.4, -0.2) is 35.6 Å². The molecule has 0 aliphatic rings. The van der Waals surface area contributed by atoms with Crippen molar-refractivity contribution in [3.63, 3.8) is 0 Å². The third-order valence-corrected chi connectivity index (χ3v) is 4.30. The van der Waals surface area contributed by atoms with E-state index in [-0.39, 0.29) is 18.3 Å². The van der Waals surface area contributed by atoms with Crippen LogP contribution in [0.25, 0.3) is 11.3 Å². The van der Waals surface area contributed by atoms with Gasteiger partial charge >= 0.3 is 0 Å². The van der Waals surface area contributed by atoms with Crippen LogP contribution in [-0.2, 0) is 16.0 Å². The number of aromatic nitrogens is 2. The average molecular weight is 393 g/mol. The number of hydrogen-bond donors (Lipinski definition) is 2. The van der Waals surface area contributed by atoms with Crippen molar-refractivity contribution in [1.82, 2.24) is 10.2 Å². The number of amides is 1. The van der Waals surface area contributed by atoms with E-state index in [9.17, 15) is 9.59 Å². The molecule has 0 saturated heterocycles. The molecule has 2 N–H and O–H groups in total. The maximum atomic E-state index is 12.1. The molecular formula is C22H23N3O4. The van der Waals surface area contributed by atoms with Gasteiger partial charge < -0.3 is 19.6 Å². The van der Waals surface area contributed by atoms with Gasteiger partial charge in [-0.15, -0.1) is 0 Å². The van der Waals surface area contributed by atoms with Crippen LogP contribution >= 0.6 is 0 Å². The molecule has 0 spiro atoms. The van der Waals surface area contributed by atoms with E-state index in [0.29, 0.717) is 30.2 Å². The van der Waals surface area contributed by atoms with Gasteiger partial charge in [-0.05, 0) is 43.2 Å². The van der Waals surface area contributed by atoms with E-state index in [0.717, 1.165) is 16.8 Å². The number of hydrogen-bond acceptors (Lipinski definition) is 5. The number of carbonyl (C=O) groups excluding carboxylic acids is 2. The molecule has 0 radical (unpaired) electrons. The lowest BCUT2D eigenvalue weighted by Gasteiger charge is -2.07. The van der Waals surface area contributed by atoms with E-state index in [4.69, 9.17) is 9.47 Å². The summed E-state index contributed by atoms with van der Waals surface area (Å²) < 4.78 is 10.9. The minimum atomic E-state index is -0.316. The minimum absolute atomic E-state index is 0.135. The Hall–Kier alpha value is -3.61. The number of anilines is 1. The zero-order valence-electron chi connectivity index (χ0n) is 16.4. The first-order valence-electron chi connectivity index (χ1n) is 9.25. The maximum absolute atomic E-state index is 12.1. The van der Waals surface area contributed by atoms with E-state index in [1.807, 2.05) is 36.4 Å². The first-order chi connectivity index (χ1) is 14.0. The van der Waals surface area contributed by atoms with Crippen LogP contribution in [0.5, 0.6) is 11.5 Å². The third kappa shape index (κ3) is 5.68. The number of benzene rings is 2. The normalized spacial score (nSPS) is 10.4. The highest BCUT2D eigenvalue weighted by Crippen LogP contribution is 2.29. The molecule has 1 amide bonds. The lowest BCUT2D eigenvalue weighted by atomic mass is 10.1. The second kappa shape index (κ2) is 9.54. The molecule has 1 aromatic heterocycles. The van der Waals surface area contributed by atoms with Crippen LogP contribution in [0.3, 0.4) is 0 Å². The number of Topliss-reactive ketones (excluding diaryl/α,β-unsaturated/α-hetero) is 1. The number of carbonyl (C=O) groups is 2. The van der Waals surface area contributed by atoms with E-state index in [1.54, 1.807) is 32.2 Å². The average Bonchev–Trinajstić information content (AvgIpc) is 3.19. The molecule has 0 saturated carbocycles. The van der Waals surface area contributed by atoms with Gasteiger partial charge in [0.05, 0.1) is 12.8 Å². The zero-order valence-corrected chi connectivity index (χ0v) is 16.4. The smallest absolute Gasteiger partial charge is 0.263 e. The Bertz CT molecular complexity index is 980. The van der Waals surface area contributed by atoms with Crippen molar-refractivity contribution in [1.29, 1.82) is 0 Å². The number of ether oxygens (including phenoxy) is 2. The van der Waals surface area contributed by atoms with Gasteiger partial charge in [0.1, 0.15) is 17.3 Å². The molecule has 3 aromatic rings.